The Morgan fingerprint density at radius 1 is 1.38 bits per heavy atom. The maximum Gasteiger partial charge on any atom is 0.219 e. The minimum Gasteiger partial charge on any atom is -0.342 e. The molecule has 1 rings (SSSR count). The molecule has 2 nitrogen and oxygen atoms in total. The Kier molecular flexibility index (Phi) is 3.76. The summed E-state index contributed by atoms with van der Waals surface area (Å²) in [5.74, 6) is 1.65. The van der Waals surface area contributed by atoms with Gasteiger partial charge in [-0.3, -0.25) is 4.79 Å². The normalized spacial score (nSPS) is 29.9. The summed E-state index contributed by atoms with van der Waals surface area (Å²) in [5, 5.41) is 0. The summed E-state index contributed by atoms with van der Waals surface area (Å²) in [4.78, 5) is 13.3. The van der Waals surface area contributed by atoms with E-state index in [-0.39, 0.29) is 5.91 Å². The van der Waals surface area contributed by atoms with Gasteiger partial charge in [0.1, 0.15) is 0 Å². The summed E-state index contributed by atoms with van der Waals surface area (Å²) in [6.45, 7) is 8.10. The van der Waals surface area contributed by atoms with Crippen LogP contribution in [0.5, 0.6) is 0 Å². The van der Waals surface area contributed by atoms with Crippen molar-refractivity contribution in [1.29, 1.82) is 0 Å². The van der Waals surface area contributed by atoms with Crippen molar-refractivity contribution in [2.24, 2.45) is 11.8 Å². The third kappa shape index (κ3) is 3.02. The van der Waals surface area contributed by atoms with Crippen LogP contribution in [0.1, 0.15) is 40.0 Å². The smallest absolute Gasteiger partial charge is 0.219 e. The Bertz CT molecular complexity index is 179. The zero-order chi connectivity index (χ0) is 9.84. The molecular weight excluding hydrogens is 162 g/mol. The molecule has 0 aromatic carbocycles. The van der Waals surface area contributed by atoms with Crippen molar-refractivity contribution in [3.63, 3.8) is 0 Å². The van der Waals surface area contributed by atoms with Crippen LogP contribution in [-0.4, -0.2) is 23.9 Å². The van der Waals surface area contributed by atoms with Crippen LogP contribution in [0.3, 0.4) is 0 Å². The molecular formula is C11H21NO. The van der Waals surface area contributed by atoms with E-state index in [1.54, 1.807) is 6.92 Å². The number of nitrogens with zero attached hydrogens (tertiary/aromatic N) is 1. The van der Waals surface area contributed by atoms with Crippen LogP contribution >= 0.6 is 0 Å². The predicted molar refractivity (Wildman–Crippen MR) is 54.4 cm³/mol. The molecule has 2 unspecified atom stereocenters. The number of likely N-dealkylation sites (tertiary alicyclic amines) is 1. The molecule has 0 saturated carbocycles. The number of hydrogen-bond donors (Lipinski definition) is 0. The van der Waals surface area contributed by atoms with Gasteiger partial charge in [0.25, 0.3) is 0 Å². The third-order valence-corrected chi connectivity index (χ3v) is 3.10. The first-order valence-electron chi connectivity index (χ1n) is 5.39. The van der Waals surface area contributed by atoms with Gasteiger partial charge in [0.05, 0.1) is 0 Å². The first kappa shape index (κ1) is 10.6. The van der Waals surface area contributed by atoms with E-state index < -0.39 is 0 Å². The summed E-state index contributed by atoms with van der Waals surface area (Å²) in [5.41, 5.74) is 0. The molecule has 1 amide bonds. The Balaban J connectivity index is 2.57. The molecule has 0 aliphatic carbocycles. The SMILES string of the molecule is CCC1CCC(C)CN(C(C)=O)C1. The Hall–Kier alpha value is -0.530. The van der Waals surface area contributed by atoms with Gasteiger partial charge in [-0.1, -0.05) is 20.3 Å². The molecule has 76 valence electrons. The van der Waals surface area contributed by atoms with Crippen molar-refractivity contribution in [1.82, 2.24) is 4.90 Å². The fourth-order valence-electron chi connectivity index (χ4n) is 2.06. The lowest BCUT2D eigenvalue weighted by Crippen LogP contribution is -2.34. The topological polar surface area (TPSA) is 20.3 Å². The Morgan fingerprint density at radius 2 is 2.08 bits per heavy atom. The maximum atomic E-state index is 11.3. The third-order valence-electron chi connectivity index (χ3n) is 3.10. The largest absolute Gasteiger partial charge is 0.342 e. The van der Waals surface area contributed by atoms with E-state index >= 15 is 0 Å². The van der Waals surface area contributed by atoms with Crippen molar-refractivity contribution in [3.8, 4) is 0 Å². The maximum absolute atomic E-state index is 11.3. The van der Waals surface area contributed by atoms with Crippen molar-refractivity contribution in [2.45, 2.75) is 40.0 Å². The standard InChI is InChI=1S/C11H21NO/c1-4-11-6-5-9(2)7-12(8-11)10(3)13/h9,11H,4-8H2,1-3H3. The van der Waals surface area contributed by atoms with Crippen molar-refractivity contribution >= 4 is 5.91 Å². The van der Waals surface area contributed by atoms with Crippen LogP contribution in [0.25, 0.3) is 0 Å². The highest BCUT2D eigenvalue weighted by Gasteiger charge is 2.21. The first-order chi connectivity index (χ1) is 6.13. The molecule has 0 N–H and O–H groups in total. The van der Waals surface area contributed by atoms with Gasteiger partial charge >= 0.3 is 0 Å². The van der Waals surface area contributed by atoms with E-state index in [9.17, 15) is 4.79 Å². The number of rotatable bonds is 1. The molecule has 1 aliphatic rings. The van der Waals surface area contributed by atoms with Crippen molar-refractivity contribution in [2.75, 3.05) is 13.1 Å². The van der Waals surface area contributed by atoms with Crippen molar-refractivity contribution in [3.05, 3.63) is 0 Å². The van der Waals surface area contributed by atoms with Crippen LogP contribution < -0.4 is 0 Å². The van der Waals surface area contributed by atoms with Gasteiger partial charge in [0.2, 0.25) is 5.91 Å². The van der Waals surface area contributed by atoms with Crippen LogP contribution in [0.4, 0.5) is 0 Å². The van der Waals surface area contributed by atoms with Crippen molar-refractivity contribution < 1.29 is 4.79 Å². The lowest BCUT2D eigenvalue weighted by Gasteiger charge is -2.23. The molecule has 0 bridgehead atoms. The fraction of sp³-hybridized carbons (Fsp3) is 0.909. The van der Waals surface area contributed by atoms with Gasteiger partial charge in [-0.25, -0.2) is 0 Å². The highest BCUT2D eigenvalue weighted by molar-refractivity contribution is 5.73. The number of hydrogen-bond acceptors (Lipinski definition) is 1. The fourth-order valence-corrected chi connectivity index (χ4v) is 2.06. The average molecular weight is 183 g/mol. The molecule has 0 spiro atoms. The zero-order valence-corrected chi connectivity index (χ0v) is 9.05. The predicted octanol–water partition coefficient (Wildman–Crippen LogP) is 2.29. The minimum absolute atomic E-state index is 0.243. The zero-order valence-electron chi connectivity index (χ0n) is 9.05. The Morgan fingerprint density at radius 3 is 2.62 bits per heavy atom. The summed E-state index contributed by atoms with van der Waals surface area (Å²) in [6.07, 6.45) is 3.78. The average Bonchev–Trinajstić information content (AvgIpc) is 2.27. The van der Waals surface area contributed by atoms with E-state index in [1.165, 1.54) is 19.3 Å². The van der Waals surface area contributed by atoms with Gasteiger partial charge < -0.3 is 4.90 Å². The van der Waals surface area contributed by atoms with E-state index in [0.717, 1.165) is 19.0 Å². The van der Waals surface area contributed by atoms with E-state index in [2.05, 4.69) is 13.8 Å². The summed E-state index contributed by atoms with van der Waals surface area (Å²) >= 11 is 0. The number of carbonyl (C=O) groups excluding carboxylic acids is 1. The molecule has 13 heavy (non-hydrogen) atoms. The molecule has 1 aliphatic heterocycles. The molecule has 0 radical (unpaired) electrons. The molecule has 0 aromatic heterocycles. The second-order valence-corrected chi connectivity index (χ2v) is 4.38. The van der Waals surface area contributed by atoms with Gasteiger partial charge in [-0.15, -0.1) is 0 Å². The van der Waals surface area contributed by atoms with Gasteiger partial charge in [-0.2, -0.15) is 0 Å². The number of carbonyl (C=O) groups is 1. The quantitative estimate of drug-likeness (QED) is 0.611. The molecule has 0 aromatic rings. The second kappa shape index (κ2) is 4.64. The summed E-state index contributed by atoms with van der Waals surface area (Å²) in [7, 11) is 0. The van der Waals surface area contributed by atoms with Gasteiger partial charge in [0.15, 0.2) is 0 Å². The number of amides is 1. The van der Waals surface area contributed by atoms with Crippen LogP contribution in [-0.2, 0) is 4.79 Å². The lowest BCUT2D eigenvalue weighted by atomic mass is 9.97. The minimum atomic E-state index is 0.243. The molecule has 2 atom stereocenters. The highest BCUT2D eigenvalue weighted by Crippen LogP contribution is 2.22. The van der Waals surface area contributed by atoms with Crippen LogP contribution in [0.15, 0.2) is 0 Å². The highest BCUT2D eigenvalue weighted by atomic mass is 16.2. The molecule has 1 heterocycles. The summed E-state index contributed by atoms with van der Waals surface area (Å²) < 4.78 is 0. The molecule has 2 heteroatoms. The lowest BCUT2D eigenvalue weighted by molar-refractivity contribution is -0.129. The Labute approximate surface area is 81.3 Å². The van der Waals surface area contributed by atoms with Crippen LogP contribution in [0.2, 0.25) is 0 Å². The molecule has 1 saturated heterocycles. The summed E-state index contributed by atoms with van der Waals surface area (Å²) in [6, 6.07) is 0. The van der Waals surface area contributed by atoms with Gasteiger partial charge in [0, 0.05) is 20.0 Å². The molecule has 1 fully saturated rings. The van der Waals surface area contributed by atoms with E-state index in [4.69, 9.17) is 0 Å². The van der Waals surface area contributed by atoms with E-state index in [1.807, 2.05) is 4.90 Å². The van der Waals surface area contributed by atoms with E-state index in [0.29, 0.717) is 5.92 Å². The first-order valence-corrected chi connectivity index (χ1v) is 5.39. The second-order valence-electron chi connectivity index (χ2n) is 4.38. The monoisotopic (exact) mass is 183 g/mol. The van der Waals surface area contributed by atoms with Crippen LogP contribution in [0, 0.1) is 11.8 Å². The van der Waals surface area contributed by atoms with Gasteiger partial charge in [-0.05, 0) is 24.7 Å².